The highest BCUT2D eigenvalue weighted by atomic mass is 16.3. The van der Waals surface area contributed by atoms with E-state index in [1.807, 2.05) is 19.1 Å². The second kappa shape index (κ2) is 4.70. The van der Waals surface area contributed by atoms with Crippen LogP contribution in [0, 0.1) is 12.3 Å². The first-order valence-corrected chi connectivity index (χ1v) is 4.23. The van der Waals surface area contributed by atoms with Gasteiger partial charge in [-0.2, -0.15) is 0 Å². The van der Waals surface area contributed by atoms with Crippen LogP contribution in [0.25, 0.3) is 0 Å². The minimum atomic E-state index is -0.00125. The SMILES string of the molecule is C#CC(C)NC(CN)c1ccco1. The number of rotatable bonds is 4. The van der Waals surface area contributed by atoms with Crippen molar-refractivity contribution in [3.8, 4) is 12.3 Å². The van der Waals surface area contributed by atoms with Crippen molar-refractivity contribution in [1.29, 1.82) is 0 Å². The summed E-state index contributed by atoms with van der Waals surface area (Å²) in [7, 11) is 0. The molecule has 3 heteroatoms. The van der Waals surface area contributed by atoms with Gasteiger partial charge in [-0.3, -0.25) is 5.32 Å². The first kappa shape index (κ1) is 9.85. The van der Waals surface area contributed by atoms with E-state index in [1.165, 1.54) is 0 Å². The summed E-state index contributed by atoms with van der Waals surface area (Å²) in [6, 6.07) is 3.72. The molecular formula is C10H14N2O. The van der Waals surface area contributed by atoms with E-state index in [4.69, 9.17) is 16.6 Å². The van der Waals surface area contributed by atoms with Crippen LogP contribution in [0.15, 0.2) is 22.8 Å². The molecule has 1 aromatic heterocycles. The molecule has 2 unspecified atom stereocenters. The molecule has 2 atom stereocenters. The molecule has 0 aromatic carbocycles. The quantitative estimate of drug-likeness (QED) is 0.673. The Morgan fingerprint density at radius 1 is 1.77 bits per heavy atom. The Bertz CT molecular complexity index is 274. The van der Waals surface area contributed by atoms with Crippen molar-refractivity contribution in [2.75, 3.05) is 6.54 Å². The summed E-state index contributed by atoms with van der Waals surface area (Å²) < 4.78 is 5.22. The second-order valence-electron chi connectivity index (χ2n) is 2.86. The van der Waals surface area contributed by atoms with Crippen LogP contribution in [0.3, 0.4) is 0 Å². The number of hydrogen-bond acceptors (Lipinski definition) is 3. The maximum Gasteiger partial charge on any atom is 0.122 e. The largest absolute Gasteiger partial charge is 0.468 e. The highest BCUT2D eigenvalue weighted by Gasteiger charge is 2.13. The zero-order valence-corrected chi connectivity index (χ0v) is 7.66. The molecule has 0 saturated heterocycles. The monoisotopic (exact) mass is 178 g/mol. The van der Waals surface area contributed by atoms with Crippen molar-refractivity contribution in [3.63, 3.8) is 0 Å². The van der Waals surface area contributed by atoms with Crippen molar-refractivity contribution in [3.05, 3.63) is 24.2 Å². The molecule has 3 nitrogen and oxygen atoms in total. The molecule has 13 heavy (non-hydrogen) atoms. The van der Waals surface area contributed by atoms with Gasteiger partial charge in [0.25, 0.3) is 0 Å². The average molecular weight is 178 g/mol. The molecule has 0 radical (unpaired) electrons. The number of nitrogens with one attached hydrogen (secondary N) is 1. The minimum absolute atomic E-state index is 0.000972. The van der Waals surface area contributed by atoms with Gasteiger partial charge in [0.2, 0.25) is 0 Å². The van der Waals surface area contributed by atoms with Gasteiger partial charge in [0, 0.05) is 6.54 Å². The van der Waals surface area contributed by atoms with E-state index >= 15 is 0 Å². The van der Waals surface area contributed by atoms with Crippen molar-refractivity contribution < 1.29 is 4.42 Å². The lowest BCUT2D eigenvalue weighted by Gasteiger charge is -2.16. The van der Waals surface area contributed by atoms with Crippen LogP contribution in [0.4, 0.5) is 0 Å². The van der Waals surface area contributed by atoms with E-state index in [0.717, 1.165) is 5.76 Å². The van der Waals surface area contributed by atoms with E-state index < -0.39 is 0 Å². The molecule has 1 aromatic rings. The first-order chi connectivity index (χ1) is 6.27. The fourth-order valence-electron chi connectivity index (χ4n) is 1.11. The molecule has 3 N–H and O–H groups in total. The zero-order valence-electron chi connectivity index (χ0n) is 7.66. The lowest BCUT2D eigenvalue weighted by atomic mass is 10.2. The van der Waals surface area contributed by atoms with Gasteiger partial charge in [-0.25, -0.2) is 0 Å². The fraction of sp³-hybridized carbons (Fsp3) is 0.400. The third-order valence-electron chi connectivity index (χ3n) is 1.82. The molecule has 0 spiro atoms. The number of hydrogen-bond donors (Lipinski definition) is 2. The Morgan fingerprint density at radius 2 is 2.54 bits per heavy atom. The lowest BCUT2D eigenvalue weighted by Crippen LogP contribution is -2.33. The van der Waals surface area contributed by atoms with Crippen LogP contribution in [-0.2, 0) is 0 Å². The van der Waals surface area contributed by atoms with E-state index in [0.29, 0.717) is 6.54 Å². The van der Waals surface area contributed by atoms with Gasteiger partial charge in [0.05, 0.1) is 18.3 Å². The smallest absolute Gasteiger partial charge is 0.122 e. The minimum Gasteiger partial charge on any atom is -0.468 e. The maximum absolute atomic E-state index is 5.58. The zero-order chi connectivity index (χ0) is 9.68. The third-order valence-corrected chi connectivity index (χ3v) is 1.82. The Balaban J connectivity index is 2.60. The molecule has 70 valence electrons. The summed E-state index contributed by atoms with van der Waals surface area (Å²) in [4.78, 5) is 0. The number of nitrogens with two attached hydrogens (primary N) is 1. The van der Waals surface area contributed by atoms with Gasteiger partial charge in [-0.1, -0.05) is 5.92 Å². The molecule has 1 rings (SSSR count). The summed E-state index contributed by atoms with van der Waals surface area (Å²) in [6.07, 6.45) is 6.87. The van der Waals surface area contributed by atoms with Crippen molar-refractivity contribution in [2.45, 2.75) is 19.0 Å². The van der Waals surface area contributed by atoms with Gasteiger partial charge in [0.15, 0.2) is 0 Å². The molecule has 0 saturated carbocycles. The van der Waals surface area contributed by atoms with Crippen LogP contribution in [-0.4, -0.2) is 12.6 Å². The molecular weight excluding hydrogens is 164 g/mol. The molecule has 0 aliphatic heterocycles. The summed E-state index contributed by atoms with van der Waals surface area (Å²) in [5, 5.41) is 3.16. The lowest BCUT2D eigenvalue weighted by molar-refractivity contribution is 0.408. The predicted molar refractivity (Wildman–Crippen MR) is 51.9 cm³/mol. The van der Waals surface area contributed by atoms with Crippen LogP contribution < -0.4 is 11.1 Å². The van der Waals surface area contributed by atoms with E-state index in [9.17, 15) is 0 Å². The van der Waals surface area contributed by atoms with E-state index in [1.54, 1.807) is 6.26 Å². The highest BCUT2D eigenvalue weighted by molar-refractivity contribution is 5.07. The predicted octanol–water partition coefficient (Wildman–Crippen LogP) is 0.891. The van der Waals surface area contributed by atoms with Crippen LogP contribution >= 0.6 is 0 Å². The summed E-state index contributed by atoms with van der Waals surface area (Å²) in [6.45, 7) is 2.38. The van der Waals surface area contributed by atoms with Crippen molar-refractivity contribution in [1.82, 2.24) is 5.32 Å². The Labute approximate surface area is 78.3 Å². The molecule has 1 heterocycles. The highest BCUT2D eigenvalue weighted by Crippen LogP contribution is 2.12. The Kier molecular flexibility index (Phi) is 3.56. The summed E-state index contributed by atoms with van der Waals surface area (Å²) >= 11 is 0. The van der Waals surface area contributed by atoms with Gasteiger partial charge in [0.1, 0.15) is 5.76 Å². The van der Waals surface area contributed by atoms with Gasteiger partial charge in [-0.05, 0) is 19.1 Å². The number of furan rings is 1. The summed E-state index contributed by atoms with van der Waals surface area (Å²) in [5.41, 5.74) is 5.58. The topological polar surface area (TPSA) is 51.2 Å². The molecule has 0 fully saturated rings. The molecule has 0 aliphatic carbocycles. The molecule has 0 amide bonds. The van der Waals surface area contributed by atoms with Gasteiger partial charge < -0.3 is 10.2 Å². The maximum atomic E-state index is 5.58. The number of terminal acetylenes is 1. The molecule has 0 aliphatic rings. The first-order valence-electron chi connectivity index (χ1n) is 4.23. The van der Waals surface area contributed by atoms with Crippen LogP contribution in [0.5, 0.6) is 0 Å². The van der Waals surface area contributed by atoms with Crippen LogP contribution in [0.1, 0.15) is 18.7 Å². The van der Waals surface area contributed by atoms with E-state index in [-0.39, 0.29) is 12.1 Å². The Morgan fingerprint density at radius 3 is 3.00 bits per heavy atom. The fourth-order valence-corrected chi connectivity index (χ4v) is 1.11. The van der Waals surface area contributed by atoms with Crippen LogP contribution in [0.2, 0.25) is 0 Å². The summed E-state index contributed by atoms with van der Waals surface area (Å²) in [5.74, 6) is 3.41. The van der Waals surface area contributed by atoms with Gasteiger partial charge in [-0.15, -0.1) is 6.42 Å². The average Bonchev–Trinajstić information content (AvgIpc) is 2.66. The normalized spacial score (nSPS) is 14.8. The van der Waals surface area contributed by atoms with Crippen molar-refractivity contribution >= 4 is 0 Å². The second-order valence-corrected chi connectivity index (χ2v) is 2.86. The van der Waals surface area contributed by atoms with E-state index in [2.05, 4.69) is 11.2 Å². The van der Waals surface area contributed by atoms with Crippen molar-refractivity contribution in [2.24, 2.45) is 5.73 Å². The molecule has 0 bridgehead atoms. The Hall–Kier alpha value is -1.24. The standard InChI is InChI=1S/C10H14N2O/c1-3-8(2)12-9(7-11)10-5-4-6-13-10/h1,4-6,8-9,12H,7,11H2,2H3. The van der Waals surface area contributed by atoms with Gasteiger partial charge >= 0.3 is 0 Å². The third kappa shape index (κ3) is 2.62.